The van der Waals surface area contributed by atoms with E-state index in [1.807, 2.05) is 43.4 Å². The highest BCUT2D eigenvalue weighted by atomic mass is 79.9. The highest BCUT2D eigenvalue weighted by Gasteiger charge is 2.14. The molecule has 0 radical (unpaired) electrons. The van der Waals surface area contributed by atoms with Gasteiger partial charge in [-0.1, -0.05) is 40.2 Å². The minimum Gasteiger partial charge on any atom is -0.441 e. The molecule has 0 saturated carbocycles. The van der Waals surface area contributed by atoms with Crippen LogP contribution in [-0.4, -0.2) is 12.0 Å². The molecule has 0 aliphatic rings. The molecule has 0 aliphatic carbocycles. The fourth-order valence-corrected chi connectivity index (χ4v) is 2.71. The van der Waals surface area contributed by atoms with Crippen molar-refractivity contribution in [3.8, 4) is 0 Å². The first-order valence-electron chi connectivity index (χ1n) is 6.53. The summed E-state index contributed by atoms with van der Waals surface area (Å²) in [6, 6.07) is 16.3. The molecule has 20 heavy (non-hydrogen) atoms. The van der Waals surface area contributed by atoms with E-state index in [4.69, 9.17) is 4.42 Å². The van der Waals surface area contributed by atoms with Crippen LogP contribution in [0.3, 0.4) is 0 Å². The van der Waals surface area contributed by atoms with Crippen molar-refractivity contribution in [2.24, 2.45) is 0 Å². The van der Waals surface area contributed by atoms with Crippen molar-refractivity contribution < 1.29 is 4.42 Å². The topological polar surface area (TPSA) is 38.1 Å². The lowest BCUT2D eigenvalue weighted by Crippen LogP contribution is -2.18. The van der Waals surface area contributed by atoms with Gasteiger partial charge in [0.05, 0.1) is 0 Å². The summed E-state index contributed by atoms with van der Waals surface area (Å²) in [6.45, 7) is 0. The SMILES string of the molecule is CNC(Cc1nc2ccccc2o1)c1cccc(Br)c1. The maximum absolute atomic E-state index is 5.79. The smallest absolute Gasteiger partial charge is 0.197 e. The molecule has 0 fully saturated rings. The molecular formula is C16H15BrN2O. The number of likely N-dealkylation sites (N-methyl/N-ethyl adjacent to an activating group) is 1. The number of oxazole rings is 1. The Morgan fingerprint density at radius 3 is 2.80 bits per heavy atom. The van der Waals surface area contributed by atoms with Crippen molar-refractivity contribution in [1.29, 1.82) is 0 Å². The summed E-state index contributed by atoms with van der Waals surface area (Å²) in [5.74, 6) is 0.755. The zero-order chi connectivity index (χ0) is 13.9. The van der Waals surface area contributed by atoms with Crippen molar-refractivity contribution in [3.63, 3.8) is 0 Å². The Morgan fingerprint density at radius 1 is 1.20 bits per heavy atom. The average Bonchev–Trinajstić information content (AvgIpc) is 2.87. The second kappa shape index (κ2) is 5.77. The summed E-state index contributed by atoms with van der Waals surface area (Å²) in [6.07, 6.45) is 0.724. The first-order valence-corrected chi connectivity index (χ1v) is 7.33. The molecule has 0 saturated heterocycles. The fraction of sp³-hybridized carbons (Fsp3) is 0.188. The van der Waals surface area contributed by atoms with Gasteiger partial charge in [-0.25, -0.2) is 4.98 Å². The minimum absolute atomic E-state index is 0.181. The van der Waals surface area contributed by atoms with Gasteiger partial charge in [0, 0.05) is 16.9 Å². The first-order chi connectivity index (χ1) is 9.76. The van der Waals surface area contributed by atoms with Gasteiger partial charge in [-0.05, 0) is 36.9 Å². The van der Waals surface area contributed by atoms with Crippen molar-refractivity contribution in [1.82, 2.24) is 10.3 Å². The molecule has 1 N–H and O–H groups in total. The van der Waals surface area contributed by atoms with Crippen molar-refractivity contribution in [3.05, 3.63) is 64.5 Å². The number of fused-ring (bicyclic) bond motifs is 1. The Labute approximate surface area is 126 Å². The maximum atomic E-state index is 5.79. The Balaban J connectivity index is 1.87. The molecule has 1 unspecified atom stereocenters. The molecule has 3 aromatic rings. The van der Waals surface area contributed by atoms with Crippen LogP contribution in [0.2, 0.25) is 0 Å². The Kier molecular flexibility index (Phi) is 3.85. The molecule has 1 atom stereocenters. The molecule has 3 nitrogen and oxygen atoms in total. The van der Waals surface area contributed by atoms with Crippen molar-refractivity contribution in [2.45, 2.75) is 12.5 Å². The zero-order valence-electron chi connectivity index (χ0n) is 11.1. The van der Waals surface area contributed by atoms with Gasteiger partial charge >= 0.3 is 0 Å². The standard InChI is InChI=1S/C16H15BrN2O/c1-18-14(11-5-4-6-12(17)9-11)10-16-19-13-7-2-3-8-15(13)20-16/h2-9,14,18H,10H2,1H3. The third kappa shape index (κ3) is 2.76. The van der Waals surface area contributed by atoms with E-state index in [-0.39, 0.29) is 6.04 Å². The summed E-state index contributed by atoms with van der Waals surface area (Å²) >= 11 is 3.51. The van der Waals surface area contributed by atoms with Crippen LogP contribution in [0.25, 0.3) is 11.1 Å². The number of para-hydroxylation sites is 2. The van der Waals surface area contributed by atoms with Crippen LogP contribution in [0.1, 0.15) is 17.5 Å². The number of nitrogens with zero attached hydrogens (tertiary/aromatic N) is 1. The summed E-state index contributed by atoms with van der Waals surface area (Å²) in [7, 11) is 1.95. The zero-order valence-corrected chi connectivity index (χ0v) is 12.7. The number of rotatable bonds is 4. The van der Waals surface area contributed by atoms with Gasteiger partial charge in [0.2, 0.25) is 0 Å². The molecular weight excluding hydrogens is 316 g/mol. The lowest BCUT2D eigenvalue weighted by atomic mass is 10.0. The van der Waals surface area contributed by atoms with Crippen molar-refractivity contribution in [2.75, 3.05) is 7.05 Å². The number of aromatic nitrogens is 1. The number of benzene rings is 2. The third-order valence-corrected chi connectivity index (χ3v) is 3.81. The van der Waals surface area contributed by atoms with Crippen LogP contribution in [0.15, 0.2) is 57.4 Å². The largest absolute Gasteiger partial charge is 0.441 e. The normalized spacial score (nSPS) is 12.7. The predicted octanol–water partition coefficient (Wildman–Crippen LogP) is 4.09. The van der Waals surface area contributed by atoms with E-state index in [0.29, 0.717) is 0 Å². The number of hydrogen-bond donors (Lipinski definition) is 1. The molecule has 0 amide bonds. The van der Waals surface area contributed by atoms with Gasteiger partial charge in [0.25, 0.3) is 0 Å². The summed E-state index contributed by atoms with van der Waals surface area (Å²) in [5, 5.41) is 3.32. The quantitative estimate of drug-likeness (QED) is 0.782. The van der Waals surface area contributed by atoms with E-state index >= 15 is 0 Å². The average molecular weight is 331 g/mol. The molecule has 102 valence electrons. The van der Waals surface area contributed by atoms with E-state index in [0.717, 1.165) is 27.9 Å². The third-order valence-electron chi connectivity index (χ3n) is 3.32. The van der Waals surface area contributed by atoms with E-state index in [1.54, 1.807) is 0 Å². The highest BCUT2D eigenvalue weighted by molar-refractivity contribution is 9.10. The summed E-state index contributed by atoms with van der Waals surface area (Å²) in [5.41, 5.74) is 2.96. The molecule has 0 bridgehead atoms. The highest BCUT2D eigenvalue weighted by Crippen LogP contribution is 2.23. The monoisotopic (exact) mass is 330 g/mol. The lowest BCUT2D eigenvalue weighted by Gasteiger charge is -2.14. The van der Waals surface area contributed by atoms with E-state index < -0.39 is 0 Å². The van der Waals surface area contributed by atoms with Gasteiger partial charge in [-0.3, -0.25) is 0 Å². The van der Waals surface area contributed by atoms with Crippen molar-refractivity contribution >= 4 is 27.0 Å². The van der Waals surface area contributed by atoms with Crippen LogP contribution in [0, 0.1) is 0 Å². The molecule has 0 spiro atoms. The molecule has 1 heterocycles. The van der Waals surface area contributed by atoms with Gasteiger partial charge in [0.1, 0.15) is 5.52 Å². The van der Waals surface area contributed by atoms with Crippen LogP contribution >= 0.6 is 15.9 Å². The summed E-state index contributed by atoms with van der Waals surface area (Å²) in [4.78, 5) is 4.53. The number of hydrogen-bond acceptors (Lipinski definition) is 3. The van der Waals surface area contributed by atoms with Crippen LogP contribution in [-0.2, 0) is 6.42 Å². The molecule has 3 rings (SSSR count). The first kappa shape index (κ1) is 13.3. The number of halogens is 1. The fourth-order valence-electron chi connectivity index (χ4n) is 2.29. The van der Waals surface area contributed by atoms with E-state index in [2.05, 4.69) is 38.4 Å². The van der Waals surface area contributed by atoms with E-state index in [9.17, 15) is 0 Å². The Morgan fingerprint density at radius 2 is 2.05 bits per heavy atom. The van der Waals surface area contributed by atoms with Gasteiger partial charge in [0.15, 0.2) is 11.5 Å². The maximum Gasteiger partial charge on any atom is 0.197 e. The summed E-state index contributed by atoms with van der Waals surface area (Å²) < 4.78 is 6.87. The molecule has 2 aromatic carbocycles. The molecule has 0 aliphatic heterocycles. The lowest BCUT2D eigenvalue weighted by molar-refractivity contribution is 0.474. The van der Waals surface area contributed by atoms with Crippen LogP contribution in [0.4, 0.5) is 0 Å². The van der Waals surface area contributed by atoms with Crippen LogP contribution in [0.5, 0.6) is 0 Å². The molecule has 4 heteroatoms. The molecule has 1 aromatic heterocycles. The second-order valence-electron chi connectivity index (χ2n) is 4.68. The predicted molar refractivity (Wildman–Crippen MR) is 83.7 cm³/mol. The second-order valence-corrected chi connectivity index (χ2v) is 5.59. The Bertz CT molecular complexity index is 690. The van der Waals surface area contributed by atoms with Gasteiger partial charge in [-0.2, -0.15) is 0 Å². The Hall–Kier alpha value is -1.65. The number of nitrogens with one attached hydrogen (secondary N) is 1. The van der Waals surface area contributed by atoms with Gasteiger partial charge in [-0.15, -0.1) is 0 Å². The minimum atomic E-state index is 0.181. The van der Waals surface area contributed by atoms with Gasteiger partial charge < -0.3 is 9.73 Å². The van der Waals surface area contributed by atoms with E-state index in [1.165, 1.54) is 5.56 Å². The van der Waals surface area contributed by atoms with Crippen LogP contribution < -0.4 is 5.32 Å².